The molecule has 0 aliphatic carbocycles. The summed E-state index contributed by atoms with van der Waals surface area (Å²) < 4.78 is 5.52. The molecule has 0 N–H and O–H groups in total. The number of hydrogen-bond acceptors (Lipinski definition) is 3. The van der Waals surface area contributed by atoms with E-state index in [0.29, 0.717) is 12.0 Å². The van der Waals surface area contributed by atoms with Crippen molar-refractivity contribution in [3.05, 3.63) is 76.2 Å². The van der Waals surface area contributed by atoms with E-state index in [1.54, 1.807) is 6.08 Å². The molecular formula is C26H31NO3. The molecule has 1 aliphatic rings. The number of allylic oxidation sites excluding steroid dienone is 5. The van der Waals surface area contributed by atoms with Gasteiger partial charge in [-0.15, -0.1) is 0 Å². The van der Waals surface area contributed by atoms with Gasteiger partial charge in [-0.05, 0) is 62.3 Å². The van der Waals surface area contributed by atoms with Gasteiger partial charge in [-0.3, -0.25) is 4.79 Å². The minimum absolute atomic E-state index is 0.100. The largest absolute Gasteiger partial charge is 0.423 e. The highest BCUT2D eigenvalue weighted by Gasteiger charge is 2.22. The first-order valence-electron chi connectivity index (χ1n) is 10.8. The molecule has 1 aromatic heterocycles. The van der Waals surface area contributed by atoms with Crippen LogP contribution in [-0.2, 0) is 11.2 Å². The zero-order chi connectivity index (χ0) is 21.7. The summed E-state index contributed by atoms with van der Waals surface area (Å²) in [6.45, 7) is 11.5. The number of piperidine rings is 1. The Labute approximate surface area is 178 Å². The molecule has 30 heavy (non-hydrogen) atoms. The van der Waals surface area contributed by atoms with Gasteiger partial charge in [0.05, 0.1) is 0 Å². The lowest BCUT2D eigenvalue weighted by atomic mass is 9.93. The first-order chi connectivity index (χ1) is 14.4. The molecule has 4 heteroatoms. The van der Waals surface area contributed by atoms with Gasteiger partial charge in [0.2, 0.25) is 5.91 Å². The number of carbonyl (C=O) groups excluding carboxylic acids is 1. The fourth-order valence-corrected chi connectivity index (χ4v) is 4.13. The van der Waals surface area contributed by atoms with Crippen molar-refractivity contribution >= 4 is 22.4 Å². The van der Waals surface area contributed by atoms with Crippen LogP contribution >= 0.6 is 0 Å². The SMILES string of the molecule is C=C/C=C(\C(C)=C/C)c1cc(=O)oc2cc(CC(C)C(=O)N3CCCCC3)ccc12. The summed E-state index contributed by atoms with van der Waals surface area (Å²) in [6.07, 6.45) is 9.67. The van der Waals surface area contributed by atoms with Crippen LogP contribution in [0.25, 0.3) is 16.5 Å². The molecule has 0 radical (unpaired) electrons. The van der Waals surface area contributed by atoms with Gasteiger partial charge >= 0.3 is 5.63 Å². The van der Waals surface area contributed by atoms with Crippen molar-refractivity contribution in [2.75, 3.05) is 13.1 Å². The number of benzene rings is 1. The molecule has 1 fully saturated rings. The van der Waals surface area contributed by atoms with Crippen molar-refractivity contribution in [2.24, 2.45) is 5.92 Å². The number of hydrogen-bond donors (Lipinski definition) is 0. The van der Waals surface area contributed by atoms with Gasteiger partial charge in [0, 0.05) is 36.0 Å². The second kappa shape index (κ2) is 9.75. The number of nitrogens with zero attached hydrogens (tertiary/aromatic N) is 1. The molecular weight excluding hydrogens is 374 g/mol. The van der Waals surface area contributed by atoms with Crippen LogP contribution < -0.4 is 5.63 Å². The van der Waals surface area contributed by atoms with Gasteiger partial charge in [-0.1, -0.05) is 43.9 Å². The summed E-state index contributed by atoms with van der Waals surface area (Å²) in [4.78, 5) is 27.0. The maximum atomic E-state index is 12.8. The molecule has 2 aromatic rings. The van der Waals surface area contributed by atoms with Crippen LogP contribution in [0.4, 0.5) is 0 Å². The lowest BCUT2D eigenvalue weighted by molar-refractivity contribution is -0.135. The average Bonchev–Trinajstić information content (AvgIpc) is 2.76. The van der Waals surface area contributed by atoms with Crippen molar-refractivity contribution in [3.8, 4) is 0 Å². The van der Waals surface area contributed by atoms with E-state index in [0.717, 1.165) is 53.6 Å². The zero-order valence-electron chi connectivity index (χ0n) is 18.2. The van der Waals surface area contributed by atoms with E-state index in [9.17, 15) is 9.59 Å². The molecule has 158 valence electrons. The Bertz CT molecular complexity index is 1050. The van der Waals surface area contributed by atoms with Gasteiger partial charge in [0.25, 0.3) is 0 Å². The van der Waals surface area contributed by atoms with Gasteiger partial charge in [0.15, 0.2) is 0 Å². The Morgan fingerprint density at radius 2 is 1.97 bits per heavy atom. The molecule has 0 spiro atoms. The van der Waals surface area contributed by atoms with E-state index in [4.69, 9.17) is 4.42 Å². The monoisotopic (exact) mass is 405 g/mol. The fraction of sp³-hybridized carbons (Fsp3) is 0.385. The van der Waals surface area contributed by atoms with Crippen LogP contribution in [0.2, 0.25) is 0 Å². The first-order valence-corrected chi connectivity index (χ1v) is 10.8. The van der Waals surface area contributed by atoms with E-state index in [1.807, 2.05) is 56.0 Å². The molecule has 1 aliphatic heterocycles. The molecule has 0 saturated carbocycles. The molecule has 1 saturated heterocycles. The highest BCUT2D eigenvalue weighted by atomic mass is 16.4. The number of rotatable bonds is 6. The van der Waals surface area contributed by atoms with Crippen molar-refractivity contribution in [1.29, 1.82) is 0 Å². The third-order valence-corrected chi connectivity index (χ3v) is 5.87. The Morgan fingerprint density at radius 1 is 1.23 bits per heavy atom. The summed E-state index contributed by atoms with van der Waals surface area (Å²) in [7, 11) is 0. The summed E-state index contributed by atoms with van der Waals surface area (Å²) in [5.41, 5.74) is 4.01. The molecule has 1 aromatic carbocycles. The lowest BCUT2D eigenvalue weighted by Crippen LogP contribution is -2.39. The Morgan fingerprint density at radius 3 is 2.63 bits per heavy atom. The second-order valence-electron chi connectivity index (χ2n) is 8.09. The van der Waals surface area contributed by atoms with Crippen molar-refractivity contribution in [2.45, 2.75) is 46.5 Å². The maximum Gasteiger partial charge on any atom is 0.336 e. The Hall–Kier alpha value is -2.88. The Kier molecular flexibility index (Phi) is 7.09. The van der Waals surface area contributed by atoms with Gasteiger partial charge in [-0.2, -0.15) is 0 Å². The van der Waals surface area contributed by atoms with Crippen LogP contribution in [0.5, 0.6) is 0 Å². The maximum absolute atomic E-state index is 12.8. The summed E-state index contributed by atoms with van der Waals surface area (Å²) in [6, 6.07) is 7.45. The average molecular weight is 406 g/mol. The lowest BCUT2D eigenvalue weighted by Gasteiger charge is -2.29. The van der Waals surface area contributed by atoms with E-state index < -0.39 is 0 Å². The summed E-state index contributed by atoms with van der Waals surface area (Å²) >= 11 is 0. The van der Waals surface area contributed by atoms with Crippen LogP contribution in [0.15, 0.2) is 63.9 Å². The molecule has 1 unspecified atom stereocenters. The predicted octanol–water partition coefficient (Wildman–Crippen LogP) is 5.52. The molecule has 2 heterocycles. The third kappa shape index (κ3) is 4.81. The van der Waals surface area contributed by atoms with Crippen LogP contribution in [0.1, 0.15) is 51.2 Å². The highest BCUT2D eigenvalue weighted by Crippen LogP contribution is 2.30. The molecule has 3 rings (SSSR count). The van der Waals surface area contributed by atoms with Crippen LogP contribution in [0, 0.1) is 5.92 Å². The van der Waals surface area contributed by atoms with Crippen molar-refractivity contribution in [1.82, 2.24) is 4.90 Å². The number of likely N-dealkylation sites (tertiary alicyclic amines) is 1. The molecule has 0 bridgehead atoms. The predicted molar refractivity (Wildman–Crippen MR) is 123 cm³/mol. The van der Waals surface area contributed by atoms with E-state index in [2.05, 4.69) is 6.58 Å². The first kappa shape index (κ1) is 21.8. The highest BCUT2D eigenvalue weighted by molar-refractivity contribution is 5.95. The topological polar surface area (TPSA) is 50.5 Å². The van der Waals surface area contributed by atoms with E-state index in [1.165, 1.54) is 12.5 Å². The molecule has 1 amide bonds. The van der Waals surface area contributed by atoms with Crippen LogP contribution in [-0.4, -0.2) is 23.9 Å². The van der Waals surface area contributed by atoms with Gasteiger partial charge in [0.1, 0.15) is 5.58 Å². The quantitative estimate of drug-likeness (QED) is 0.470. The molecule has 1 atom stereocenters. The zero-order valence-corrected chi connectivity index (χ0v) is 18.2. The van der Waals surface area contributed by atoms with E-state index in [-0.39, 0.29) is 17.5 Å². The summed E-state index contributed by atoms with van der Waals surface area (Å²) in [5.74, 6) is 0.113. The van der Waals surface area contributed by atoms with Gasteiger partial charge in [-0.25, -0.2) is 4.79 Å². The Balaban J connectivity index is 1.93. The summed E-state index contributed by atoms with van der Waals surface area (Å²) in [5, 5.41) is 0.877. The standard InChI is InChI=1S/C26H31NO3/c1-5-10-21(18(3)6-2)23-17-25(28)30-24-16-20(11-12-22(23)24)15-19(4)26(29)27-13-8-7-9-14-27/h5-6,10-12,16-17,19H,1,7-9,13-15H2,2-4H3/b18-6-,21-10+. The second-order valence-corrected chi connectivity index (χ2v) is 8.09. The normalized spacial score (nSPS) is 16.6. The smallest absolute Gasteiger partial charge is 0.336 e. The minimum Gasteiger partial charge on any atom is -0.423 e. The number of amides is 1. The van der Waals surface area contributed by atoms with Gasteiger partial charge < -0.3 is 9.32 Å². The van der Waals surface area contributed by atoms with Crippen molar-refractivity contribution < 1.29 is 9.21 Å². The van der Waals surface area contributed by atoms with Crippen molar-refractivity contribution in [3.63, 3.8) is 0 Å². The number of carbonyl (C=O) groups is 1. The van der Waals surface area contributed by atoms with E-state index >= 15 is 0 Å². The number of fused-ring (bicyclic) bond motifs is 1. The fourth-order valence-electron chi connectivity index (χ4n) is 4.13. The van der Waals surface area contributed by atoms with Crippen LogP contribution in [0.3, 0.4) is 0 Å². The molecule has 4 nitrogen and oxygen atoms in total. The third-order valence-electron chi connectivity index (χ3n) is 5.87. The minimum atomic E-state index is -0.383.